The van der Waals surface area contributed by atoms with E-state index in [-0.39, 0.29) is 18.5 Å². The van der Waals surface area contributed by atoms with Crippen LogP contribution in [0.25, 0.3) is 10.9 Å². The number of thiazole rings is 1. The Morgan fingerprint density at radius 1 is 1.28 bits per heavy atom. The van der Waals surface area contributed by atoms with E-state index in [0.29, 0.717) is 11.9 Å². The fraction of sp³-hybridized carbons (Fsp3) is 0.478. The van der Waals surface area contributed by atoms with Crippen LogP contribution in [0.1, 0.15) is 36.1 Å². The molecule has 2 fully saturated rings. The van der Waals surface area contributed by atoms with Gasteiger partial charge in [-0.1, -0.05) is 11.6 Å². The number of benzene rings is 1. The van der Waals surface area contributed by atoms with E-state index >= 15 is 0 Å². The molecule has 1 aliphatic heterocycles. The standard InChI is InChI=1S/C23H28N6O2S/c1-15-2-3-19-18(8-15)22(27-13-26-19)25-10-21(30)28-16-11-29(12-16)17-4-6-23(31,7-5-17)20-9-24-14-32-20/h2-3,8-9,13-14,16-17,31H,4-7,10-12H2,1H3,(H,28,30)(H,25,26,27)/t17-,23-. The molecular weight excluding hydrogens is 424 g/mol. The van der Waals surface area contributed by atoms with Gasteiger partial charge in [-0.05, 0) is 44.7 Å². The molecule has 2 aromatic heterocycles. The van der Waals surface area contributed by atoms with Crippen molar-refractivity contribution in [3.05, 3.63) is 46.7 Å². The van der Waals surface area contributed by atoms with Crippen molar-refractivity contribution in [2.24, 2.45) is 0 Å². The van der Waals surface area contributed by atoms with E-state index in [1.54, 1.807) is 11.7 Å². The quantitative estimate of drug-likeness (QED) is 0.528. The van der Waals surface area contributed by atoms with Gasteiger partial charge in [-0.2, -0.15) is 0 Å². The smallest absolute Gasteiger partial charge is 0.239 e. The molecule has 8 nitrogen and oxygen atoms in total. The Labute approximate surface area is 191 Å². The molecule has 0 spiro atoms. The molecule has 0 unspecified atom stereocenters. The van der Waals surface area contributed by atoms with Crippen molar-refractivity contribution in [1.29, 1.82) is 0 Å². The number of nitrogens with zero attached hydrogens (tertiary/aromatic N) is 4. The molecule has 32 heavy (non-hydrogen) atoms. The minimum absolute atomic E-state index is 0.0303. The predicted molar refractivity (Wildman–Crippen MR) is 125 cm³/mol. The molecule has 2 aliphatic rings. The zero-order chi connectivity index (χ0) is 22.1. The molecule has 168 valence electrons. The molecule has 3 aromatic rings. The van der Waals surface area contributed by atoms with E-state index < -0.39 is 5.60 Å². The van der Waals surface area contributed by atoms with Gasteiger partial charge in [-0.3, -0.25) is 14.7 Å². The van der Waals surface area contributed by atoms with Crippen LogP contribution in [-0.2, 0) is 10.4 Å². The number of nitrogens with one attached hydrogen (secondary N) is 2. The van der Waals surface area contributed by atoms with Crippen molar-refractivity contribution in [1.82, 2.24) is 25.2 Å². The van der Waals surface area contributed by atoms with Gasteiger partial charge in [0.25, 0.3) is 0 Å². The highest BCUT2D eigenvalue weighted by molar-refractivity contribution is 7.09. The molecule has 0 radical (unpaired) electrons. The first kappa shape index (κ1) is 21.2. The normalized spacial score (nSPS) is 24.2. The van der Waals surface area contributed by atoms with E-state index in [1.165, 1.54) is 17.7 Å². The molecule has 1 saturated heterocycles. The number of likely N-dealkylation sites (tertiary alicyclic amines) is 1. The predicted octanol–water partition coefficient (Wildman–Crippen LogP) is 2.44. The summed E-state index contributed by atoms with van der Waals surface area (Å²) in [7, 11) is 0. The number of aliphatic hydroxyl groups is 1. The number of carbonyl (C=O) groups is 1. The van der Waals surface area contributed by atoms with Gasteiger partial charge in [0.1, 0.15) is 17.7 Å². The van der Waals surface area contributed by atoms with Crippen molar-refractivity contribution < 1.29 is 9.90 Å². The molecule has 1 saturated carbocycles. The molecule has 9 heteroatoms. The molecular formula is C23H28N6O2S. The Balaban J connectivity index is 1.07. The molecule has 3 N–H and O–H groups in total. The van der Waals surface area contributed by atoms with Crippen molar-refractivity contribution >= 4 is 34.0 Å². The Morgan fingerprint density at radius 3 is 2.84 bits per heavy atom. The van der Waals surface area contributed by atoms with Crippen LogP contribution in [0.2, 0.25) is 0 Å². The molecule has 1 amide bonds. The van der Waals surface area contributed by atoms with Crippen LogP contribution >= 0.6 is 11.3 Å². The van der Waals surface area contributed by atoms with Gasteiger partial charge in [0, 0.05) is 30.7 Å². The average molecular weight is 453 g/mol. The number of hydrogen-bond acceptors (Lipinski definition) is 8. The number of carbonyl (C=O) groups excluding carboxylic acids is 1. The average Bonchev–Trinajstić information content (AvgIpc) is 3.31. The van der Waals surface area contributed by atoms with Crippen molar-refractivity contribution in [2.45, 2.75) is 50.3 Å². The number of anilines is 1. The van der Waals surface area contributed by atoms with Gasteiger partial charge >= 0.3 is 0 Å². The van der Waals surface area contributed by atoms with Gasteiger partial charge in [0.05, 0.1) is 28.5 Å². The summed E-state index contributed by atoms with van der Waals surface area (Å²) < 4.78 is 0. The van der Waals surface area contributed by atoms with Crippen molar-refractivity contribution in [2.75, 3.05) is 25.0 Å². The maximum Gasteiger partial charge on any atom is 0.239 e. The Hall–Kier alpha value is -2.62. The summed E-state index contributed by atoms with van der Waals surface area (Å²) in [5, 5.41) is 18.1. The largest absolute Gasteiger partial charge is 0.384 e. The van der Waals surface area contributed by atoms with Crippen LogP contribution in [0.15, 0.2) is 36.2 Å². The summed E-state index contributed by atoms with van der Waals surface area (Å²) in [5.74, 6) is 0.650. The molecule has 0 atom stereocenters. The first-order valence-corrected chi connectivity index (χ1v) is 12.0. The fourth-order valence-electron chi connectivity index (χ4n) is 4.79. The lowest BCUT2D eigenvalue weighted by Gasteiger charge is -2.48. The van der Waals surface area contributed by atoms with Gasteiger partial charge in [0.2, 0.25) is 5.91 Å². The second kappa shape index (κ2) is 8.73. The van der Waals surface area contributed by atoms with E-state index in [1.807, 2.05) is 25.1 Å². The maximum atomic E-state index is 12.4. The lowest BCUT2D eigenvalue weighted by Crippen LogP contribution is -2.63. The van der Waals surface area contributed by atoms with Gasteiger partial charge in [-0.15, -0.1) is 11.3 Å². The Morgan fingerprint density at radius 2 is 2.09 bits per heavy atom. The number of amides is 1. The second-order valence-corrected chi connectivity index (χ2v) is 9.83. The highest BCUT2D eigenvalue weighted by Crippen LogP contribution is 2.40. The number of hydrogen-bond donors (Lipinski definition) is 3. The first-order valence-electron chi connectivity index (χ1n) is 11.1. The zero-order valence-corrected chi connectivity index (χ0v) is 18.9. The highest BCUT2D eigenvalue weighted by atomic mass is 32.1. The van der Waals surface area contributed by atoms with Gasteiger partial charge in [0.15, 0.2) is 0 Å². The summed E-state index contributed by atoms with van der Waals surface area (Å²) in [6.45, 7) is 3.94. The second-order valence-electron chi connectivity index (χ2n) is 8.94. The number of rotatable bonds is 6. The lowest BCUT2D eigenvalue weighted by molar-refractivity contribution is -0.121. The van der Waals surface area contributed by atoms with Crippen molar-refractivity contribution in [3.63, 3.8) is 0 Å². The number of aromatic nitrogens is 3. The fourth-order valence-corrected chi connectivity index (χ4v) is 5.57. The zero-order valence-electron chi connectivity index (χ0n) is 18.1. The first-order chi connectivity index (χ1) is 15.5. The third-order valence-corrected chi connectivity index (χ3v) is 7.64. The summed E-state index contributed by atoms with van der Waals surface area (Å²) in [6, 6.07) is 6.66. The molecule has 0 bridgehead atoms. The molecule has 1 aromatic carbocycles. The molecule has 3 heterocycles. The number of fused-ring (bicyclic) bond motifs is 1. The topological polar surface area (TPSA) is 103 Å². The van der Waals surface area contributed by atoms with Crippen LogP contribution in [0.3, 0.4) is 0 Å². The third-order valence-electron chi connectivity index (χ3n) is 6.67. The summed E-state index contributed by atoms with van der Waals surface area (Å²) in [5.41, 5.74) is 3.05. The molecule has 1 aliphatic carbocycles. The third kappa shape index (κ3) is 4.32. The van der Waals surface area contributed by atoms with E-state index in [9.17, 15) is 9.90 Å². The lowest BCUT2D eigenvalue weighted by atomic mass is 9.80. The Bertz CT molecular complexity index is 1090. The van der Waals surface area contributed by atoms with Crippen LogP contribution in [-0.4, -0.2) is 62.6 Å². The Kier molecular flexibility index (Phi) is 5.79. The molecule has 5 rings (SSSR count). The minimum atomic E-state index is -0.717. The summed E-state index contributed by atoms with van der Waals surface area (Å²) in [6.07, 6.45) is 6.78. The van der Waals surface area contributed by atoms with E-state index in [2.05, 4.69) is 30.5 Å². The summed E-state index contributed by atoms with van der Waals surface area (Å²) >= 11 is 1.53. The van der Waals surface area contributed by atoms with Crippen LogP contribution in [0.5, 0.6) is 0 Å². The summed E-state index contributed by atoms with van der Waals surface area (Å²) in [4.78, 5) is 28.5. The van der Waals surface area contributed by atoms with Crippen LogP contribution in [0, 0.1) is 6.92 Å². The van der Waals surface area contributed by atoms with Crippen LogP contribution in [0.4, 0.5) is 5.82 Å². The minimum Gasteiger partial charge on any atom is -0.384 e. The maximum absolute atomic E-state index is 12.4. The van der Waals surface area contributed by atoms with Gasteiger partial charge < -0.3 is 15.7 Å². The number of aryl methyl sites for hydroxylation is 1. The van der Waals surface area contributed by atoms with Crippen molar-refractivity contribution in [3.8, 4) is 0 Å². The van der Waals surface area contributed by atoms with E-state index in [4.69, 9.17) is 0 Å². The monoisotopic (exact) mass is 452 g/mol. The van der Waals surface area contributed by atoms with Gasteiger partial charge in [-0.25, -0.2) is 9.97 Å². The highest BCUT2D eigenvalue weighted by Gasteiger charge is 2.40. The van der Waals surface area contributed by atoms with Crippen LogP contribution < -0.4 is 10.6 Å². The van der Waals surface area contributed by atoms with E-state index in [0.717, 1.165) is 60.1 Å². The SMILES string of the molecule is Cc1ccc2ncnc(NCC(=O)NC3CN([C@H]4CC[C@@](O)(c5cncs5)CC4)C3)c2c1.